The van der Waals surface area contributed by atoms with Crippen molar-refractivity contribution in [3.05, 3.63) is 86.0 Å². The molecule has 0 N–H and O–H groups in total. The van der Waals surface area contributed by atoms with E-state index in [-0.39, 0.29) is 22.3 Å². The van der Waals surface area contributed by atoms with Gasteiger partial charge in [-0.1, -0.05) is 55.0 Å². The van der Waals surface area contributed by atoms with Crippen LogP contribution in [0.5, 0.6) is 0 Å². The molecule has 0 saturated carbocycles. The van der Waals surface area contributed by atoms with Crippen LogP contribution in [0.3, 0.4) is 0 Å². The second kappa shape index (κ2) is 7.63. The summed E-state index contributed by atoms with van der Waals surface area (Å²) in [7, 11) is 0. The highest BCUT2D eigenvalue weighted by Gasteiger charge is 2.46. The van der Waals surface area contributed by atoms with Gasteiger partial charge in [-0.25, -0.2) is 4.39 Å². The summed E-state index contributed by atoms with van der Waals surface area (Å²) in [5, 5.41) is 9.86. The van der Waals surface area contributed by atoms with E-state index in [4.69, 9.17) is 4.42 Å². The van der Waals surface area contributed by atoms with Crippen molar-refractivity contribution >= 4 is 33.3 Å². The molecule has 1 amide bonds. The molecule has 0 spiro atoms. The quantitative estimate of drug-likeness (QED) is 0.436. The van der Waals surface area contributed by atoms with E-state index in [0.29, 0.717) is 28.4 Å². The van der Waals surface area contributed by atoms with Gasteiger partial charge in [0.2, 0.25) is 10.9 Å². The number of hydrogen-bond acceptors (Lipinski definition) is 6. The molecule has 0 radical (unpaired) electrons. The van der Waals surface area contributed by atoms with Crippen LogP contribution in [-0.4, -0.2) is 16.1 Å². The molecule has 0 unspecified atom stereocenters. The van der Waals surface area contributed by atoms with Gasteiger partial charge in [0.1, 0.15) is 22.4 Å². The maximum absolute atomic E-state index is 14.9. The zero-order valence-corrected chi connectivity index (χ0v) is 18.6. The Bertz CT molecular complexity index is 1430. The van der Waals surface area contributed by atoms with Crippen molar-refractivity contribution in [3.8, 4) is 0 Å². The molecule has 32 heavy (non-hydrogen) atoms. The first-order valence-electron chi connectivity index (χ1n) is 10.3. The van der Waals surface area contributed by atoms with Crippen LogP contribution in [0.2, 0.25) is 0 Å². The zero-order valence-electron chi connectivity index (χ0n) is 17.8. The fraction of sp³-hybridized carbons (Fsp3) is 0.250. The van der Waals surface area contributed by atoms with Crippen molar-refractivity contribution in [2.24, 2.45) is 5.92 Å². The summed E-state index contributed by atoms with van der Waals surface area (Å²) in [6.07, 6.45) is 0.706. The Balaban J connectivity index is 1.76. The molecule has 2 aromatic heterocycles. The van der Waals surface area contributed by atoms with E-state index < -0.39 is 17.8 Å². The summed E-state index contributed by atoms with van der Waals surface area (Å²) >= 11 is 1.27. The number of benzene rings is 2. The summed E-state index contributed by atoms with van der Waals surface area (Å²) in [6.45, 7) is 6.00. The number of rotatable bonds is 4. The lowest BCUT2D eigenvalue weighted by atomic mass is 9.98. The third kappa shape index (κ3) is 3.22. The largest absolute Gasteiger partial charge is 0.450 e. The van der Waals surface area contributed by atoms with Crippen LogP contribution in [0.25, 0.3) is 11.0 Å². The maximum Gasteiger partial charge on any atom is 0.297 e. The fourth-order valence-corrected chi connectivity index (χ4v) is 5.13. The van der Waals surface area contributed by atoms with Gasteiger partial charge < -0.3 is 4.42 Å². The highest BCUT2D eigenvalue weighted by Crippen LogP contribution is 2.42. The molecule has 1 aliphatic heterocycles. The number of aromatic nitrogens is 2. The standard InChI is InChI=1S/C24H20FN3O3S/c1-12(2)10-18-26-27-24(32-18)28-20(14-6-4-5-7-16(14)25)19-21(29)15-11-13(3)8-9-17(15)31-22(19)23(28)30/h4-9,11-12,20H,10H2,1-3H3/t20-/m0/s1. The lowest BCUT2D eigenvalue weighted by Crippen LogP contribution is -2.30. The Morgan fingerprint density at radius 3 is 2.69 bits per heavy atom. The van der Waals surface area contributed by atoms with Crippen LogP contribution in [0.1, 0.15) is 52.1 Å². The molecule has 1 aliphatic rings. The van der Waals surface area contributed by atoms with Crippen LogP contribution < -0.4 is 10.3 Å². The van der Waals surface area contributed by atoms with Gasteiger partial charge in [-0.05, 0) is 31.0 Å². The van der Waals surface area contributed by atoms with E-state index >= 15 is 0 Å². The van der Waals surface area contributed by atoms with Crippen LogP contribution in [0.15, 0.2) is 51.7 Å². The number of carbonyl (C=O) groups is 1. The predicted molar refractivity (Wildman–Crippen MR) is 121 cm³/mol. The van der Waals surface area contributed by atoms with Crippen LogP contribution in [0.4, 0.5) is 9.52 Å². The van der Waals surface area contributed by atoms with Gasteiger partial charge >= 0.3 is 0 Å². The molecule has 0 bridgehead atoms. The summed E-state index contributed by atoms with van der Waals surface area (Å²) in [4.78, 5) is 28.4. The van der Waals surface area contributed by atoms with Gasteiger partial charge in [0.15, 0.2) is 5.43 Å². The van der Waals surface area contributed by atoms with Crippen molar-refractivity contribution in [2.45, 2.75) is 33.2 Å². The molecule has 8 heteroatoms. The Labute approximate surface area is 187 Å². The molecule has 3 heterocycles. The molecular formula is C24H20FN3O3S. The third-order valence-electron chi connectivity index (χ3n) is 5.47. The highest BCUT2D eigenvalue weighted by atomic mass is 32.1. The topological polar surface area (TPSA) is 76.3 Å². The van der Waals surface area contributed by atoms with E-state index in [1.165, 1.54) is 22.3 Å². The lowest BCUT2D eigenvalue weighted by Gasteiger charge is -2.22. The van der Waals surface area contributed by atoms with Gasteiger partial charge in [-0.3, -0.25) is 14.5 Å². The average molecular weight is 450 g/mol. The molecule has 4 aromatic rings. The van der Waals surface area contributed by atoms with Crippen molar-refractivity contribution in [3.63, 3.8) is 0 Å². The van der Waals surface area contributed by atoms with E-state index in [1.807, 2.05) is 13.0 Å². The predicted octanol–water partition coefficient (Wildman–Crippen LogP) is 5.04. The van der Waals surface area contributed by atoms with Gasteiger partial charge in [0.25, 0.3) is 5.91 Å². The molecule has 0 fully saturated rings. The number of nitrogens with zero attached hydrogens (tertiary/aromatic N) is 3. The molecule has 0 saturated heterocycles. The fourth-order valence-electron chi connectivity index (χ4n) is 4.05. The minimum Gasteiger partial charge on any atom is -0.450 e. The van der Waals surface area contributed by atoms with Crippen LogP contribution in [-0.2, 0) is 6.42 Å². The molecule has 162 valence electrons. The number of fused-ring (bicyclic) bond motifs is 2. The third-order valence-corrected chi connectivity index (χ3v) is 6.42. The molecule has 1 atom stereocenters. The lowest BCUT2D eigenvalue weighted by molar-refractivity contribution is 0.0970. The van der Waals surface area contributed by atoms with Crippen molar-refractivity contribution < 1.29 is 13.6 Å². The smallest absolute Gasteiger partial charge is 0.297 e. The summed E-state index contributed by atoms with van der Waals surface area (Å²) in [6, 6.07) is 10.4. The second-order valence-corrected chi connectivity index (χ2v) is 9.39. The van der Waals surface area contributed by atoms with E-state index in [1.54, 1.807) is 30.3 Å². The van der Waals surface area contributed by atoms with E-state index in [2.05, 4.69) is 24.0 Å². The van der Waals surface area contributed by atoms with Crippen LogP contribution >= 0.6 is 11.3 Å². The second-order valence-electron chi connectivity index (χ2n) is 8.35. The Morgan fingerprint density at radius 2 is 1.94 bits per heavy atom. The van der Waals surface area contributed by atoms with Gasteiger partial charge in [-0.15, -0.1) is 10.2 Å². The molecule has 5 rings (SSSR count). The monoisotopic (exact) mass is 449 g/mol. The van der Waals surface area contributed by atoms with Crippen molar-refractivity contribution in [2.75, 3.05) is 4.90 Å². The Kier molecular flexibility index (Phi) is 4.89. The SMILES string of the molecule is Cc1ccc2oc3c(c(=O)c2c1)[C@H](c1ccccc1F)N(c1nnc(CC(C)C)s1)C3=O. The summed E-state index contributed by atoms with van der Waals surface area (Å²) < 4.78 is 20.8. The minimum absolute atomic E-state index is 0.0831. The number of hydrogen-bond donors (Lipinski definition) is 0. The average Bonchev–Trinajstić information content (AvgIpc) is 3.31. The van der Waals surface area contributed by atoms with Gasteiger partial charge in [0, 0.05) is 12.0 Å². The van der Waals surface area contributed by atoms with Crippen molar-refractivity contribution in [1.82, 2.24) is 10.2 Å². The number of amides is 1. The number of anilines is 1. The normalized spacial score (nSPS) is 15.7. The Morgan fingerprint density at radius 1 is 1.16 bits per heavy atom. The first kappa shape index (κ1) is 20.5. The summed E-state index contributed by atoms with van der Waals surface area (Å²) in [5.74, 6) is -0.763. The van der Waals surface area contributed by atoms with Crippen molar-refractivity contribution in [1.29, 1.82) is 0 Å². The number of carbonyl (C=O) groups excluding carboxylic acids is 1. The number of halogens is 1. The minimum atomic E-state index is -0.986. The first-order chi connectivity index (χ1) is 15.3. The zero-order chi connectivity index (χ0) is 22.6. The molecule has 6 nitrogen and oxygen atoms in total. The highest BCUT2D eigenvalue weighted by molar-refractivity contribution is 7.15. The maximum atomic E-state index is 14.9. The van der Waals surface area contributed by atoms with Gasteiger partial charge in [0.05, 0.1) is 10.9 Å². The van der Waals surface area contributed by atoms with Gasteiger partial charge in [-0.2, -0.15) is 0 Å². The van der Waals surface area contributed by atoms with E-state index in [9.17, 15) is 14.0 Å². The molecular weight excluding hydrogens is 429 g/mol. The van der Waals surface area contributed by atoms with E-state index in [0.717, 1.165) is 10.6 Å². The van der Waals surface area contributed by atoms with Crippen LogP contribution in [0, 0.1) is 18.7 Å². The Hall–Kier alpha value is -3.39. The number of aryl methyl sites for hydroxylation is 1. The first-order valence-corrected chi connectivity index (χ1v) is 11.1. The molecule has 0 aliphatic carbocycles. The summed E-state index contributed by atoms with van der Waals surface area (Å²) in [5.41, 5.74) is 1.19. The molecule has 2 aromatic carbocycles.